The smallest absolute Gasteiger partial charge is 0.256 e. The first-order valence-electron chi connectivity index (χ1n) is 11.6. The third-order valence-corrected chi connectivity index (χ3v) is 6.03. The van der Waals surface area contributed by atoms with Crippen molar-refractivity contribution in [2.24, 2.45) is 0 Å². The van der Waals surface area contributed by atoms with Crippen LogP contribution in [-0.4, -0.2) is 17.7 Å². The van der Waals surface area contributed by atoms with E-state index in [1.54, 1.807) is 57.2 Å². The maximum Gasteiger partial charge on any atom is 0.256 e. The quantitative estimate of drug-likeness (QED) is 0.302. The molecule has 0 saturated carbocycles. The standard InChI is InChI=1S/C30H27N3O3/c1-19-25(28(34)31-22-13-7-4-8-14-22)20(2)27(30(36)33-24-17-11-6-12-18-24)21(3)26(19)29(35)32-23-15-9-5-10-16-23/h4-18H,1-3H3,(H,31,34)(H,32,35)(H,33,36). The van der Waals surface area contributed by atoms with E-state index in [1.807, 2.05) is 54.6 Å². The van der Waals surface area contributed by atoms with Crippen LogP contribution < -0.4 is 16.0 Å². The van der Waals surface area contributed by atoms with E-state index in [4.69, 9.17) is 0 Å². The van der Waals surface area contributed by atoms with E-state index in [1.165, 1.54) is 0 Å². The molecule has 0 atom stereocenters. The minimum Gasteiger partial charge on any atom is -0.322 e. The minimum absolute atomic E-state index is 0.292. The zero-order chi connectivity index (χ0) is 25.7. The number of rotatable bonds is 6. The number of hydrogen-bond acceptors (Lipinski definition) is 3. The molecule has 180 valence electrons. The van der Waals surface area contributed by atoms with Crippen LogP contribution >= 0.6 is 0 Å². The third-order valence-electron chi connectivity index (χ3n) is 6.03. The van der Waals surface area contributed by atoms with Gasteiger partial charge in [-0.05, 0) is 73.9 Å². The average Bonchev–Trinajstić information content (AvgIpc) is 2.85. The van der Waals surface area contributed by atoms with E-state index >= 15 is 0 Å². The van der Waals surface area contributed by atoms with Gasteiger partial charge >= 0.3 is 0 Å². The van der Waals surface area contributed by atoms with Gasteiger partial charge in [-0.25, -0.2) is 0 Å². The summed E-state index contributed by atoms with van der Waals surface area (Å²) >= 11 is 0. The molecule has 3 N–H and O–H groups in total. The van der Waals surface area contributed by atoms with Crippen molar-refractivity contribution in [3.05, 3.63) is 124 Å². The fraction of sp³-hybridized carbons (Fsp3) is 0.100. The van der Waals surface area contributed by atoms with Gasteiger partial charge in [-0.3, -0.25) is 14.4 Å². The lowest BCUT2D eigenvalue weighted by Crippen LogP contribution is -2.25. The number of para-hydroxylation sites is 3. The molecule has 3 amide bonds. The molecule has 0 aromatic heterocycles. The molecule has 0 unspecified atom stereocenters. The van der Waals surface area contributed by atoms with Crippen molar-refractivity contribution in [3.8, 4) is 0 Å². The van der Waals surface area contributed by atoms with Crippen LogP contribution in [0.25, 0.3) is 0 Å². The summed E-state index contributed by atoms with van der Waals surface area (Å²) in [7, 11) is 0. The Labute approximate surface area is 210 Å². The topological polar surface area (TPSA) is 87.3 Å². The van der Waals surface area contributed by atoms with E-state index < -0.39 is 17.7 Å². The second-order valence-corrected chi connectivity index (χ2v) is 8.46. The highest BCUT2D eigenvalue weighted by molar-refractivity contribution is 6.16. The van der Waals surface area contributed by atoms with Crippen molar-refractivity contribution in [2.45, 2.75) is 20.8 Å². The van der Waals surface area contributed by atoms with Crippen molar-refractivity contribution in [2.75, 3.05) is 16.0 Å². The first-order valence-corrected chi connectivity index (χ1v) is 11.6. The lowest BCUT2D eigenvalue weighted by molar-refractivity contribution is 0.102. The molecule has 0 fully saturated rings. The molecule has 4 aromatic carbocycles. The molecular formula is C30H27N3O3. The van der Waals surface area contributed by atoms with E-state index in [0.29, 0.717) is 50.4 Å². The van der Waals surface area contributed by atoms with Gasteiger partial charge in [0, 0.05) is 33.8 Å². The molecule has 4 aromatic rings. The summed E-state index contributed by atoms with van der Waals surface area (Å²) < 4.78 is 0. The average molecular weight is 478 g/mol. The summed E-state index contributed by atoms with van der Waals surface area (Å²) in [5.74, 6) is -1.17. The zero-order valence-electron chi connectivity index (χ0n) is 20.4. The number of carbonyl (C=O) groups excluding carboxylic acids is 3. The van der Waals surface area contributed by atoms with Crippen LogP contribution in [0.15, 0.2) is 91.0 Å². The van der Waals surface area contributed by atoms with Crippen LogP contribution in [-0.2, 0) is 0 Å². The Morgan fingerprint density at radius 1 is 0.417 bits per heavy atom. The maximum absolute atomic E-state index is 13.5. The number of hydrogen-bond donors (Lipinski definition) is 3. The first kappa shape index (κ1) is 24.4. The van der Waals surface area contributed by atoms with Crippen LogP contribution in [0.1, 0.15) is 47.8 Å². The van der Waals surface area contributed by atoms with Crippen LogP contribution in [0.3, 0.4) is 0 Å². The van der Waals surface area contributed by atoms with Gasteiger partial charge < -0.3 is 16.0 Å². The molecule has 0 aliphatic heterocycles. The molecule has 0 aliphatic carbocycles. The second-order valence-electron chi connectivity index (χ2n) is 8.46. The van der Waals surface area contributed by atoms with Gasteiger partial charge in [-0.15, -0.1) is 0 Å². The molecule has 0 heterocycles. The van der Waals surface area contributed by atoms with Crippen molar-refractivity contribution in [3.63, 3.8) is 0 Å². The molecule has 0 aliphatic rings. The Balaban J connectivity index is 1.82. The lowest BCUT2D eigenvalue weighted by Gasteiger charge is -2.21. The highest BCUT2D eigenvalue weighted by Gasteiger charge is 2.28. The summed E-state index contributed by atoms with van der Waals surface area (Å²) in [5.41, 5.74) is 4.24. The van der Waals surface area contributed by atoms with E-state index in [0.717, 1.165) is 0 Å². The van der Waals surface area contributed by atoms with Crippen molar-refractivity contribution in [1.82, 2.24) is 0 Å². The number of carbonyl (C=O) groups is 3. The normalized spacial score (nSPS) is 10.4. The van der Waals surface area contributed by atoms with E-state index in [-0.39, 0.29) is 0 Å². The third kappa shape index (κ3) is 5.18. The van der Waals surface area contributed by atoms with Crippen molar-refractivity contribution in [1.29, 1.82) is 0 Å². The molecular weight excluding hydrogens is 450 g/mol. The Hall–Kier alpha value is -4.71. The van der Waals surface area contributed by atoms with Gasteiger partial charge in [0.05, 0.1) is 0 Å². The molecule has 0 spiro atoms. The lowest BCUT2D eigenvalue weighted by atomic mass is 9.86. The highest BCUT2D eigenvalue weighted by Crippen LogP contribution is 2.30. The highest BCUT2D eigenvalue weighted by atomic mass is 16.2. The van der Waals surface area contributed by atoms with Gasteiger partial charge in [0.15, 0.2) is 0 Å². The fourth-order valence-electron chi connectivity index (χ4n) is 4.39. The van der Waals surface area contributed by atoms with Gasteiger partial charge in [0.25, 0.3) is 17.7 Å². The molecule has 6 nitrogen and oxygen atoms in total. The monoisotopic (exact) mass is 477 g/mol. The van der Waals surface area contributed by atoms with Crippen LogP contribution in [0.4, 0.5) is 17.1 Å². The van der Waals surface area contributed by atoms with Gasteiger partial charge in [-0.1, -0.05) is 54.6 Å². The summed E-state index contributed by atoms with van der Waals surface area (Å²) in [6, 6.07) is 27.2. The summed E-state index contributed by atoms with van der Waals surface area (Å²) in [6.45, 7) is 5.20. The van der Waals surface area contributed by atoms with Crippen LogP contribution in [0.2, 0.25) is 0 Å². The molecule has 4 rings (SSSR count). The summed E-state index contributed by atoms with van der Waals surface area (Å²) in [4.78, 5) is 40.4. The first-order chi connectivity index (χ1) is 17.4. The van der Waals surface area contributed by atoms with Crippen LogP contribution in [0, 0.1) is 20.8 Å². The number of nitrogens with one attached hydrogen (secondary N) is 3. The summed E-state index contributed by atoms with van der Waals surface area (Å²) in [5, 5.41) is 8.67. The molecule has 0 saturated heterocycles. The Morgan fingerprint density at radius 3 is 0.861 bits per heavy atom. The minimum atomic E-state index is -0.390. The molecule has 0 bridgehead atoms. The SMILES string of the molecule is Cc1c(C(=O)Nc2ccccc2)c(C)c(C(=O)Nc2ccccc2)c(C)c1C(=O)Nc1ccccc1. The van der Waals surface area contributed by atoms with Gasteiger partial charge in [0.2, 0.25) is 0 Å². The van der Waals surface area contributed by atoms with Gasteiger partial charge in [0.1, 0.15) is 0 Å². The fourth-order valence-corrected chi connectivity index (χ4v) is 4.39. The number of anilines is 3. The van der Waals surface area contributed by atoms with Crippen molar-refractivity contribution < 1.29 is 14.4 Å². The van der Waals surface area contributed by atoms with E-state index in [9.17, 15) is 14.4 Å². The molecule has 36 heavy (non-hydrogen) atoms. The largest absolute Gasteiger partial charge is 0.322 e. The van der Waals surface area contributed by atoms with E-state index in [2.05, 4.69) is 16.0 Å². The predicted octanol–water partition coefficient (Wildman–Crippen LogP) is 6.37. The van der Waals surface area contributed by atoms with Crippen molar-refractivity contribution >= 4 is 34.8 Å². The van der Waals surface area contributed by atoms with Gasteiger partial charge in [-0.2, -0.15) is 0 Å². The summed E-state index contributed by atoms with van der Waals surface area (Å²) in [6.07, 6.45) is 0. The number of amides is 3. The van der Waals surface area contributed by atoms with Crippen LogP contribution in [0.5, 0.6) is 0 Å². The molecule has 0 radical (unpaired) electrons. The number of benzene rings is 4. The predicted molar refractivity (Wildman–Crippen MR) is 144 cm³/mol. The second kappa shape index (κ2) is 10.7. The Kier molecular flexibility index (Phi) is 7.25. The Bertz CT molecular complexity index is 1220. The molecule has 6 heteroatoms. The Morgan fingerprint density at radius 2 is 0.639 bits per heavy atom. The zero-order valence-corrected chi connectivity index (χ0v) is 20.4. The maximum atomic E-state index is 13.5.